The second-order valence-electron chi connectivity index (χ2n) is 11.7. The number of ether oxygens (including phenoxy) is 2. The topological polar surface area (TPSA) is 80.5 Å². The number of hydrogen-bond acceptors (Lipinski definition) is 5. The number of unbranched alkanes of at least 4 members (excludes halogenated alkanes) is 18. The van der Waals surface area contributed by atoms with Crippen LogP contribution < -0.4 is 9.47 Å². The van der Waals surface area contributed by atoms with Crippen LogP contribution in [0, 0.1) is 0 Å². The van der Waals surface area contributed by atoms with E-state index in [9.17, 15) is 4.79 Å². The Morgan fingerprint density at radius 2 is 0.930 bits per heavy atom. The average Bonchev–Trinajstić information content (AvgIpc) is 3.02. The summed E-state index contributed by atoms with van der Waals surface area (Å²) in [6, 6.07) is 12.1. The minimum Gasteiger partial charge on any atom is -0.490 e. The Balaban J connectivity index is 1.80. The molecule has 0 bridgehead atoms. The fourth-order valence-electron chi connectivity index (χ4n) is 5.12. The highest BCUT2D eigenvalue weighted by atomic mass is 16.5. The lowest BCUT2D eigenvalue weighted by atomic mass is 10.1. The molecule has 2 aromatic carbocycles. The van der Waals surface area contributed by atoms with Gasteiger partial charge in [0.2, 0.25) is 0 Å². The molecule has 2 aromatic rings. The normalized spacial score (nSPS) is 11.3. The molecule has 0 aliphatic rings. The van der Waals surface area contributed by atoms with Crippen molar-refractivity contribution >= 4 is 17.3 Å². The van der Waals surface area contributed by atoms with Crippen LogP contribution >= 0.6 is 0 Å². The van der Waals surface area contributed by atoms with E-state index in [4.69, 9.17) is 14.6 Å². The van der Waals surface area contributed by atoms with Crippen LogP contribution in [0.15, 0.2) is 52.7 Å². The van der Waals surface area contributed by atoms with E-state index < -0.39 is 5.97 Å². The van der Waals surface area contributed by atoms with Crippen LogP contribution in [0.1, 0.15) is 153 Å². The first-order valence-corrected chi connectivity index (χ1v) is 17.3. The molecule has 2 rings (SSSR count). The number of aromatic carboxylic acids is 1. The predicted octanol–water partition coefficient (Wildman–Crippen LogP) is 12.4. The van der Waals surface area contributed by atoms with Crippen LogP contribution in [0.4, 0.5) is 11.4 Å². The number of hydrogen-bond donors (Lipinski definition) is 1. The lowest BCUT2D eigenvalue weighted by Crippen LogP contribution is -2.02. The molecule has 1 N–H and O–H groups in total. The zero-order chi connectivity index (χ0) is 30.8. The largest absolute Gasteiger partial charge is 0.490 e. The van der Waals surface area contributed by atoms with Crippen LogP contribution in [0.5, 0.6) is 11.5 Å². The highest BCUT2D eigenvalue weighted by molar-refractivity contribution is 5.87. The fraction of sp³-hybridized carbons (Fsp3) is 0.649. The van der Waals surface area contributed by atoms with Crippen molar-refractivity contribution in [1.82, 2.24) is 0 Å². The van der Waals surface area contributed by atoms with Crippen LogP contribution in [-0.4, -0.2) is 24.3 Å². The Morgan fingerprint density at radius 3 is 1.40 bits per heavy atom. The lowest BCUT2D eigenvalue weighted by molar-refractivity contribution is 0.0697. The Kier molecular flexibility index (Phi) is 20.7. The summed E-state index contributed by atoms with van der Waals surface area (Å²) in [5.74, 6) is 0.509. The smallest absolute Gasteiger partial charge is 0.335 e. The van der Waals surface area contributed by atoms with Crippen molar-refractivity contribution in [3.05, 3.63) is 48.0 Å². The van der Waals surface area contributed by atoms with Gasteiger partial charge in [-0.15, -0.1) is 0 Å². The molecule has 0 saturated heterocycles. The highest BCUT2D eigenvalue weighted by Gasteiger charge is 2.08. The van der Waals surface area contributed by atoms with Gasteiger partial charge in [0.05, 0.1) is 30.2 Å². The second-order valence-corrected chi connectivity index (χ2v) is 11.7. The molecule has 0 unspecified atom stereocenters. The van der Waals surface area contributed by atoms with Crippen molar-refractivity contribution < 1.29 is 19.4 Å². The van der Waals surface area contributed by atoms with Gasteiger partial charge >= 0.3 is 5.97 Å². The van der Waals surface area contributed by atoms with E-state index in [0.717, 1.165) is 18.6 Å². The molecule has 0 fully saturated rings. The van der Waals surface area contributed by atoms with Gasteiger partial charge in [0.1, 0.15) is 0 Å². The van der Waals surface area contributed by atoms with E-state index in [-0.39, 0.29) is 5.56 Å². The summed E-state index contributed by atoms with van der Waals surface area (Å²) >= 11 is 0. The van der Waals surface area contributed by atoms with E-state index in [1.807, 2.05) is 18.2 Å². The first-order valence-electron chi connectivity index (χ1n) is 17.3. The number of carboxylic acids is 1. The van der Waals surface area contributed by atoms with Crippen LogP contribution in [-0.2, 0) is 0 Å². The van der Waals surface area contributed by atoms with E-state index >= 15 is 0 Å². The van der Waals surface area contributed by atoms with Crippen molar-refractivity contribution in [2.45, 2.75) is 142 Å². The average molecular weight is 595 g/mol. The monoisotopic (exact) mass is 594 g/mol. The number of benzene rings is 2. The lowest BCUT2D eigenvalue weighted by Gasteiger charge is -2.13. The van der Waals surface area contributed by atoms with E-state index in [1.165, 1.54) is 128 Å². The molecule has 0 amide bonds. The maximum Gasteiger partial charge on any atom is 0.335 e. The summed E-state index contributed by atoms with van der Waals surface area (Å²) in [7, 11) is 0. The standard InChI is InChI=1S/C37H58N2O4/c1-3-5-7-9-11-13-15-17-19-21-29-42-35-28-27-34(39-38-33-25-23-32(24-26-33)37(40)41)31-36(35)43-30-22-20-18-16-14-12-10-8-6-4-2/h23-28,31H,3-22,29-30H2,1-2H3,(H,40,41). The summed E-state index contributed by atoms with van der Waals surface area (Å²) in [6.45, 7) is 5.87. The molecule has 0 aliphatic heterocycles. The first kappa shape index (κ1) is 36.3. The molecule has 240 valence electrons. The quantitative estimate of drug-likeness (QED) is 0.0824. The van der Waals surface area contributed by atoms with Crippen molar-refractivity contribution in [3.8, 4) is 11.5 Å². The van der Waals surface area contributed by atoms with Gasteiger partial charge in [-0.25, -0.2) is 4.79 Å². The SMILES string of the molecule is CCCCCCCCCCCCOc1ccc(N=Nc2ccc(C(=O)O)cc2)cc1OCCCCCCCCCCCC. The third-order valence-electron chi connectivity index (χ3n) is 7.83. The molecule has 0 aromatic heterocycles. The second kappa shape index (κ2) is 24.5. The van der Waals surface area contributed by atoms with Gasteiger partial charge in [-0.2, -0.15) is 10.2 Å². The molecular formula is C37H58N2O4. The summed E-state index contributed by atoms with van der Waals surface area (Å²) in [6.07, 6.45) is 25.9. The summed E-state index contributed by atoms with van der Waals surface area (Å²) in [4.78, 5) is 11.1. The fourth-order valence-corrected chi connectivity index (χ4v) is 5.12. The minimum atomic E-state index is -0.957. The van der Waals surface area contributed by atoms with Gasteiger partial charge in [-0.05, 0) is 49.2 Å². The zero-order valence-corrected chi connectivity index (χ0v) is 27.2. The van der Waals surface area contributed by atoms with Gasteiger partial charge in [0.15, 0.2) is 11.5 Å². The third-order valence-corrected chi connectivity index (χ3v) is 7.83. The van der Waals surface area contributed by atoms with E-state index in [0.29, 0.717) is 30.3 Å². The van der Waals surface area contributed by atoms with Gasteiger partial charge in [-0.1, -0.05) is 129 Å². The molecule has 0 saturated carbocycles. The Labute approximate surface area is 261 Å². The molecule has 0 radical (unpaired) electrons. The molecule has 0 aliphatic carbocycles. The van der Waals surface area contributed by atoms with Crippen molar-refractivity contribution in [1.29, 1.82) is 0 Å². The Hall–Kier alpha value is -2.89. The number of carbonyl (C=O) groups is 1. The Bertz CT molecular complexity index is 1010. The molecule has 6 heteroatoms. The number of rotatable bonds is 27. The van der Waals surface area contributed by atoms with Crippen LogP contribution in [0.2, 0.25) is 0 Å². The molecule has 0 atom stereocenters. The number of azo groups is 1. The predicted molar refractivity (Wildman–Crippen MR) is 179 cm³/mol. The molecule has 0 heterocycles. The molecule has 6 nitrogen and oxygen atoms in total. The third kappa shape index (κ3) is 17.7. The highest BCUT2D eigenvalue weighted by Crippen LogP contribution is 2.33. The zero-order valence-electron chi connectivity index (χ0n) is 27.2. The maximum absolute atomic E-state index is 11.1. The van der Waals surface area contributed by atoms with Crippen molar-refractivity contribution in [2.75, 3.05) is 13.2 Å². The molecule has 0 spiro atoms. The number of nitrogens with zero attached hydrogens (tertiary/aromatic N) is 2. The van der Waals surface area contributed by atoms with E-state index in [2.05, 4.69) is 24.1 Å². The summed E-state index contributed by atoms with van der Waals surface area (Å²) in [5.41, 5.74) is 1.50. The van der Waals surface area contributed by atoms with Gasteiger partial charge < -0.3 is 14.6 Å². The maximum atomic E-state index is 11.1. The summed E-state index contributed by atoms with van der Waals surface area (Å²) < 4.78 is 12.4. The van der Waals surface area contributed by atoms with Gasteiger partial charge in [-0.3, -0.25) is 0 Å². The van der Waals surface area contributed by atoms with Crippen molar-refractivity contribution in [2.24, 2.45) is 10.2 Å². The van der Waals surface area contributed by atoms with Gasteiger partial charge in [0.25, 0.3) is 0 Å². The van der Waals surface area contributed by atoms with Crippen LogP contribution in [0.25, 0.3) is 0 Å². The Morgan fingerprint density at radius 1 is 0.535 bits per heavy atom. The van der Waals surface area contributed by atoms with E-state index in [1.54, 1.807) is 12.1 Å². The number of carboxylic acid groups (broad SMARTS) is 1. The first-order chi connectivity index (χ1) is 21.1. The minimum absolute atomic E-state index is 0.227. The summed E-state index contributed by atoms with van der Waals surface area (Å²) in [5, 5.41) is 17.7. The van der Waals surface area contributed by atoms with Crippen LogP contribution in [0.3, 0.4) is 0 Å². The van der Waals surface area contributed by atoms with Crippen molar-refractivity contribution in [3.63, 3.8) is 0 Å². The van der Waals surface area contributed by atoms with Gasteiger partial charge in [0, 0.05) is 6.07 Å². The molecule has 43 heavy (non-hydrogen) atoms. The molecular weight excluding hydrogens is 536 g/mol.